The summed E-state index contributed by atoms with van der Waals surface area (Å²) in [6.45, 7) is 2.38. The summed E-state index contributed by atoms with van der Waals surface area (Å²) < 4.78 is 4.93. The maximum atomic E-state index is 11.2. The number of hydrogen-bond donors (Lipinski definition) is 2. The summed E-state index contributed by atoms with van der Waals surface area (Å²) in [5, 5.41) is 11.4. The van der Waals surface area contributed by atoms with E-state index in [2.05, 4.69) is 5.32 Å². The first-order valence-electron chi connectivity index (χ1n) is 5.37. The van der Waals surface area contributed by atoms with Gasteiger partial charge in [-0.05, 0) is 6.42 Å². The Kier molecular flexibility index (Phi) is 5.21. The van der Waals surface area contributed by atoms with Crippen LogP contribution >= 0.6 is 0 Å². The molecule has 0 bridgehead atoms. The highest BCUT2D eigenvalue weighted by atomic mass is 16.5. The van der Waals surface area contributed by atoms with Gasteiger partial charge in [-0.3, -0.25) is 4.79 Å². The molecule has 1 aliphatic heterocycles. The van der Waals surface area contributed by atoms with Crippen LogP contribution in [0.3, 0.4) is 0 Å². The second-order valence-electron chi connectivity index (χ2n) is 3.86. The number of carbonyl (C=O) groups is 2. The van der Waals surface area contributed by atoms with Crippen molar-refractivity contribution in [3.8, 4) is 0 Å². The van der Waals surface area contributed by atoms with Crippen molar-refractivity contribution >= 4 is 11.9 Å². The predicted octanol–water partition coefficient (Wildman–Crippen LogP) is -0.702. The van der Waals surface area contributed by atoms with E-state index in [0.29, 0.717) is 26.1 Å². The van der Waals surface area contributed by atoms with E-state index in [1.165, 1.54) is 0 Å². The fraction of sp³-hybridized carbons (Fsp3) is 0.800. The first-order valence-corrected chi connectivity index (χ1v) is 5.37. The van der Waals surface area contributed by atoms with Crippen LogP contribution in [-0.2, 0) is 14.3 Å². The van der Waals surface area contributed by atoms with E-state index in [1.54, 1.807) is 7.11 Å². The maximum absolute atomic E-state index is 11.2. The van der Waals surface area contributed by atoms with E-state index in [-0.39, 0.29) is 5.91 Å². The zero-order valence-electron chi connectivity index (χ0n) is 9.44. The molecule has 0 aliphatic carbocycles. The molecule has 1 amide bonds. The standard InChI is InChI=1S/C10H18N2O4/c1-16-6-2-4-12-5-3-9(13)11-8(7-12)10(14)15/h8H,2-7H2,1H3,(H,11,13)(H,14,15). The highest BCUT2D eigenvalue weighted by Crippen LogP contribution is 2.03. The van der Waals surface area contributed by atoms with Crippen LogP contribution in [0.2, 0.25) is 0 Å². The lowest BCUT2D eigenvalue weighted by molar-refractivity contribution is -0.141. The summed E-state index contributed by atoms with van der Waals surface area (Å²) in [7, 11) is 1.63. The van der Waals surface area contributed by atoms with E-state index in [9.17, 15) is 9.59 Å². The van der Waals surface area contributed by atoms with Gasteiger partial charge in [0.25, 0.3) is 0 Å². The van der Waals surface area contributed by atoms with Crippen LogP contribution in [0.5, 0.6) is 0 Å². The fourth-order valence-corrected chi connectivity index (χ4v) is 1.70. The summed E-state index contributed by atoms with van der Waals surface area (Å²) >= 11 is 0. The Bertz CT molecular complexity index is 257. The molecule has 0 aromatic carbocycles. The molecular formula is C10H18N2O4. The van der Waals surface area contributed by atoms with Crippen LogP contribution in [0.4, 0.5) is 0 Å². The van der Waals surface area contributed by atoms with E-state index >= 15 is 0 Å². The SMILES string of the molecule is COCCCN1CCC(=O)NC(C(=O)O)C1. The third-order valence-electron chi connectivity index (χ3n) is 2.55. The smallest absolute Gasteiger partial charge is 0.327 e. The molecule has 6 nitrogen and oxygen atoms in total. The minimum atomic E-state index is -0.980. The summed E-state index contributed by atoms with van der Waals surface area (Å²) in [4.78, 5) is 24.1. The Morgan fingerprint density at radius 2 is 2.44 bits per heavy atom. The number of carboxylic acid groups (broad SMARTS) is 1. The van der Waals surface area contributed by atoms with Crippen LogP contribution in [0.25, 0.3) is 0 Å². The Morgan fingerprint density at radius 3 is 3.06 bits per heavy atom. The third kappa shape index (κ3) is 4.16. The Labute approximate surface area is 94.6 Å². The zero-order valence-corrected chi connectivity index (χ0v) is 9.44. The summed E-state index contributed by atoms with van der Waals surface area (Å²) in [6.07, 6.45) is 1.20. The summed E-state index contributed by atoms with van der Waals surface area (Å²) in [5.74, 6) is -1.17. The highest BCUT2D eigenvalue weighted by molar-refractivity contribution is 5.84. The van der Waals surface area contributed by atoms with Crippen molar-refractivity contribution in [1.82, 2.24) is 10.2 Å². The average Bonchev–Trinajstić information content (AvgIpc) is 2.41. The summed E-state index contributed by atoms with van der Waals surface area (Å²) in [6, 6.07) is -0.794. The monoisotopic (exact) mass is 230 g/mol. The van der Waals surface area contributed by atoms with Crippen LogP contribution in [0, 0.1) is 0 Å². The molecule has 0 saturated carbocycles. The molecule has 1 rings (SSSR count). The van der Waals surface area contributed by atoms with Gasteiger partial charge in [0.1, 0.15) is 6.04 Å². The van der Waals surface area contributed by atoms with Crippen molar-refractivity contribution in [3.63, 3.8) is 0 Å². The van der Waals surface area contributed by atoms with Crippen molar-refractivity contribution in [1.29, 1.82) is 0 Å². The van der Waals surface area contributed by atoms with Gasteiger partial charge >= 0.3 is 5.97 Å². The van der Waals surface area contributed by atoms with Gasteiger partial charge in [0, 0.05) is 39.8 Å². The molecule has 0 aromatic heterocycles. The Morgan fingerprint density at radius 1 is 1.69 bits per heavy atom. The number of carboxylic acids is 1. The lowest BCUT2D eigenvalue weighted by Crippen LogP contribution is -2.45. The third-order valence-corrected chi connectivity index (χ3v) is 2.55. The van der Waals surface area contributed by atoms with Gasteiger partial charge in [0.15, 0.2) is 0 Å². The van der Waals surface area contributed by atoms with Gasteiger partial charge in [-0.1, -0.05) is 0 Å². The van der Waals surface area contributed by atoms with Crippen LogP contribution in [0.1, 0.15) is 12.8 Å². The first kappa shape index (κ1) is 12.9. The molecule has 92 valence electrons. The molecule has 0 spiro atoms. The molecule has 1 fully saturated rings. The lowest BCUT2D eigenvalue weighted by Gasteiger charge is -2.21. The Balaban J connectivity index is 2.45. The van der Waals surface area contributed by atoms with Crippen molar-refractivity contribution in [2.24, 2.45) is 0 Å². The maximum Gasteiger partial charge on any atom is 0.327 e. The number of ether oxygens (including phenoxy) is 1. The predicted molar refractivity (Wildman–Crippen MR) is 57.1 cm³/mol. The van der Waals surface area contributed by atoms with Crippen LogP contribution in [0.15, 0.2) is 0 Å². The fourth-order valence-electron chi connectivity index (χ4n) is 1.70. The number of carbonyl (C=O) groups excluding carboxylic acids is 1. The minimum Gasteiger partial charge on any atom is -0.480 e. The van der Waals surface area contributed by atoms with Gasteiger partial charge in [0.2, 0.25) is 5.91 Å². The molecule has 1 saturated heterocycles. The van der Waals surface area contributed by atoms with E-state index in [1.807, 2.05) is 4.90 Å². The quantitative estimate of drug-likeness (QED) is 0.610. The van der Waals surface area contributed by atoms with Gasteiger partial charge < -0.3 is 20.1 Å². The second kappa shape index (κ2) is 6.44. The number of nitrogens with one attached hydrogen (secondary N) is 1. The molecule has 0 aromatic rings. The van der Waals surface area contributed by atoms with Gasteiger partial charge in [-0.2, -0.15) is 0 Å². The average molecular weight is 230 g/mol. The number of rotatable bonds is 5. The second-order valence-corrected chi connectivity index (χ2v) is 3.86. The molecule has 2 N–H and O–H groups in total. The van der Waals surface area contributed by atoms with Crippen molar-refractivity contribution < 1.29 is 19.4 Å². The molecule has 6 heteroatoms. The lowest BCUT2D eigenvalue weighted by atomic mass is 10.2. The van der Waals surface area contributed by atoms with Crippen LogP contribution < -0.4 is 5.32 Å². The number of nitrogens with zero attached hydrogens (tertiary/aromatic N) is 1. The Hall–Kier alpha value is -1.14. The van der Waals surface area contributed by atoms with Gasteiger partial charge in [-0.15, -0.1) is 0 Å². The summed E-state index contributed by atoms with van der Waals surface area (Å²) in [5.41, 5.74) is 0. The van der Waals surface area contributed by atoms with E-state index in [0.717, 1.165) is 13.0 Å². The normalized spacial score (nSPS) is 22.6. The topological polar surface area (TPSA) is 78.9 Å². The molecule has 0 radical (unpaired) electrons. The van der Waals surface area contributed by atoms with Gasteiger partial charge in [0.05, 0.1) is 0 Å². The minimum absolute atomic E-state index is 0.193. The van der Waals surface area contributed by atoms with E-state index in [4.69, 9.17) is 9.84 Å². The molecule has 16 heavy (non-hydrogen) atoms. The molecule has 1 aliphatic rings. The first-order chi connectivity index (χ1) is 7.63. The largest absolute Gasteiger partial charge is 0.480 e. The highest BCUT2D eigenvalue weighted by Gasteiger charge is 2.26. The van der Waals surface area contributed by atoms with Crippen molar-refractivity contribution in [2.45, 2.75) is 18.9 Å². The van der Waals surface area contributed by atoms with Gasteiger partial charge in [-0.25, -0.2) is 4.79 Å². The van der Waals surface area contributed by atoms with E-state index < -0.39 is 12.0 Å². The van der Waals surface area contributed by atoms with Crippen LogP contribution in [-0.4, -0.2) is 61.3 Å². The zero-order chi connectivity index (χ0) is 12.0. The van der Waals surface area contributed by atoms with Crippen molar-refractivity contribution in [3.05, 3.63) is 0 Å². The molecule has 1 atom stereocenters. The number of amides is 1. The number of aliphatic carboxylic acids is 1. The number of methoxy groups -OCH3 is 1. The molecular weight excluding hydrogens is 212 g/mol. The van der Waals surface area contributed by atoms with Crippen molar-refractivity contribution in [2.75, 3.05) is 33.4 Å². The number of hydrogen-bond acceptors (Lipinski definition) is 4. The molecule has 1 heterocycles. The molecule has 1 unspecified atom stereocenters.